The van der Waals surface area contributed by atoms with Crippen LogP contribution < -0.4 is 4.67 Å². The minimum absolute atomic E-state index is 0.855. The highest BCUT2D eigenvalue weighted by Gasteiger charge is 2.22. The summed E-state index contributed by atoms with van der Waals surface area (Å²) in [7, 11) is 2.56. The fourth-order valence-corrected chi connectivity index (χ4v) is 8.06. The Hall–Kier alpha value is -5.34. The van der Waals surface area contributed by atoms with E-state index in [-0.39, 0.29) is 0 Å². The maximum Gasteiger partial charge on any atom is 0.309 e. The van der Waals surface area contributed by atoms with Gasteiger partial charge in [0.05, 0.1) is 0 Å². The fraction of sp³-hybridized carbons (Fsp3) is 0.0476. The van der Waals surface area contributed by atoms with Gasteiger partial charge in [-0.3, -0.25) is 0 Å². The van der Waals surface area contributed by atoms with Gasteiger partial charge in [-0.05, 0) is 66.3 Å². The molecule has 0 aliphatic rings. The van der Waals surface area contributed by atoms with Gasteiger partial charge in [-0.15, -0.1) is 0 Å². The number of rotatable bonds is 3. The molecule has 0 atom stereocenters. The molecule has 220 valence electrons. The maximum atomic E-state index is 7.14. The first-order valence-electron chi connectivity index (χ1n) is 15.6. The van der Waals surface area contributed by atoms with Crippen molar-refractivity contribution in [3.05, 3.63) is 146 Å². The second-order valence-corrected chi connectivity index (χ2v) is 13.7. The van der Waals surface area contributed by atoms with Crippen LogP contribution in [0.4, 0.5) is 0 Å². The first kappa shape index (κ1) is 27.0. The van der Waals surface area contributed by atoms with Crippen LogP contribution in [0.15, 0.2) is 154 Å². The molecule has 0 bridgehead atoms. The van der Waals surface area contributed by atoms with E-state index in [0.717, 1.165) is 65.7 Å². The second kappa shape index (κ2) is 10.6. The molecule has 0 aliphatic carbocycles. The average molecular weight is 612 g/mol. The Bertz CT molecular complexity index is 2500. The number of fused-ring (bicyclic) bond motifs is 9. The predicted octanol–water partition coefficient (Wildman–Crippen LogP) is 12.4. The Kier molecular flexibility index (Phi) is 6.24. The summed E-state index contributed by atoms with van der Waals surface area (Å²) in [5.74, 6) is 0. The largest absolute Gasteiger partial charge is 0.407 e. The summed E-state index contributed by atoms with van der Waals surface area (Å²) in [4.78, 5) is 0. The van der Waals surface area contributed by atoms with Crippen molar-refractivity contribution in [2.45, 2.75) is 0 Å². The van der Waals surface area contributed by atoms with E-state index < -0.39 is 8.16 Å². The Morgan fingerprint density at radius 1 is 0.391 bits per heavy atom. The van der Waals surface area contributed by atoms with Crippen LogP contribution in [0, 0.1) is 0 Å². The van der Waals surface area contributed by atoms with Crippen LogP contribution in [0.3, 0.4) is 0 Å². The van der Waals surface area contributed by atoms with Crippen LogP contribution in [0.1, 0.15) is 0 Å². The Morgan fingerprint density at radius 2 is 0.761 bits per heavy atom. The monoisotopic (exact) mass is 611 g/mol. The molecule has 1 aromatic heterocycles. The van der Waals surface area contributed by atoms with Crippen molar-refractivity contribution in [3.8, 4) is 22.3 Å². The van der Waals surface area contributed by atoms with Crippen LogP contribution in [0.2, 0.25) is 0 Å². The molecule has 4 heteroatoms. The smallest absolute Gasteiger partial charge is 0.309 e. The van der Waals surface area contributed by atoms with Crippen molar-refractivity contribution >= 4 is 73.2 Å². The third-order valence-electron chi connectivity index (χ3n) is 9.08. The van der Waals surface area contributed by atoms with E-state index in [1.807, 2.05) is 14.1 Å². The number of nitrogens with zero attached hydrogens (tertiary/aromatic N) is 1. The molecule has 1 heterocycles. The summed E-state index contributed by atoms with van der Waals surface area (Å²) in [6, 6.07) is 52.2. The third-order valence-corrected chi connectivity index (χ3v) is 10.4. The highest BCUT2D eigenvalue weighted by molar-refractivity contribution is 7.38. The highest BCUT2D eigenvalue weighted by atomic mass is 31.1. The van der Waals surface area contributed by atoms with Crippen molar-refractivity contribution in [1.29, 1.82) is 0 Å². The predicted molar refractivity (Wildman–Crippen MR) is 197 cm³/mol. The van der Waals surface area contributed by atoms with Crippen LogP contribution >= 0.6 is 8.16 Å². The van der Waals surface area contributed by atoms with E-state index >= 15 is 0 Å². The zero-order valence-electron chi connectivity index (χ0n) is 25.6. The first-order valence-corrected chi connectivity index (χ1v) is 16.7. The Labute approximate surface area is 267 Å². The van der Waals surface area contributed by atoms with Crippen LogP contribution in [-0.4, -0.2) is 14.1 Å². The fourth-order valence-electron chi connectivity index (χ4n) is 7.00. The van der Waals surface area contributed by atoms with E-state index in [0.29, 0.717) is 0 Å². The molecule has 9 aromatic rings. The summed E-state index contributed by atoms with van der Waals surface area (Å²) in [5, 5.41) is 11.5. The molecule has 46 heavy (non-hydrogen) atoms. The van der Waals surface area contributed by atoms with E-state index in [1.165, 1.54) is 21.5 Å². The van der Waals surface area contributed by atoms with Crippen molar-refractivity contribution in [1.82, 2.24) is 0 Å². The van der Waals surface area contributed by atoms with Gasteiger partial charge >= 0.3 is 8.16 Å². The molecular formula is C42H30NO2P. The van der Waals surface area contributed by atoms with E-state index in [1.54, 1.807) is 0 Å². The van der Waals surface area contributed by atoms with Gasteiger partial charge in [-0.1, -0.05) is 133 Å². The quantitative estimate of drug-likeness (QED) is 0.199. The molecule has 0 N–H and O–H groups in total. The van der Waals surface area contributed by atoms with Gasteiger partial charge in [0.2, 0.25) is 0 Å². The lowest BCUT2D eigenvalue weighted by Crippen LogP contribution is -2.02. The van der Waals surface area contributed by atoms with Crippen LogP contribution in [0.5, 0.6) is 0 Å². The van der Waals surface area contributed by atoms with Crippen molar-refractivity contribution in [2.24, 2.45) is 0 Å². The van der Waals surface area contributed by atoms with Gasteiger partial charge in [0.25, 0.3) is 0 Å². The lowest BCUT2D eigenvalue weighted by Gasteiger charge is -2.14. The topological polar surface area (TPSA) is 29.5 Å². The lowest BCUT2D eigenvalue weighted by molar-refractivity contribution is 0.636. The second-order valence-electron chi connectivity index (χ2n) is 12.0. The number of hydrogen-bond donors (Lipinski definition) is 0. The van der Waals surface area contributed by atoms with Gasteiger partial charge < -0.3 is 8.39 Å². The van der Waals surface area contributed by atoms with E-state index in [4.69, 9.17) is 8.39 Å². The van der Waals surface area contributed by atoms with Crippen molar-refractivity contribution in [3.63, 3.8) is 0 Å². The summed E-state index contributed by atoms with van der Waals surface area (Å²) in [5.41, 5.74) is 6.13. The number of hydrogen-bond acceptors (Lipinski definition) is 3. The molecule has 0 fully saturated rings. The zero-order chi connectivity index (χ0) is 30.8. The van der Waals surface area contributed by atoms with Crippen molar-refractivity contribution in [2.75, 3.05) is 18.8 Å². The molecule has 8 aromatic carbocycles. The molecule has 0 saturated carbocycles. The molecule has 3 nitrogen and oxygen atoms in total. The lowest BCUT2D eigenvalue weighted by atomic mass is 9.89. The average Bonchev–Trinajstić information content (AvgIpc) is 3.29. The summed E-state index contributed by atoms with van der Waals surface area (Å²) in [6.07, 6.45) is 0. The third kappa shape index (κ3) is 4.17. The maximum absolute atomic E-state index is 7.14. The molecule has 0 unspecified atom stereocenters. The molecule has 9 rings (SSSR count). The molecule has 0 radical (unpaired) electrons. The Balaban J connectivity index is 1.59. The van der Waals surface area contributed by atoms with Crippen LogP contribution in [0.25, 0.3) is 87.3 Å². The molecule has 0 aliphatic heterocycles. The molecule has 0 saturated heterocycles. The highest BCUT2D eigenvalue weighted by Crippen LogP contribution is 2.48. The van der Waals surface area contributed by atoms with Crippen LogP contribution in [-0.2, 0) is 0 Å². The van der Waals surface area contributed by atoms with Gasteiger partial charge in [0.15, 0.2) is 11.2 Å². The first-order chi connectivity index (χ1) is 22.7. The summed E-state index contributed by atoms with van der Waals surface area (Å²) < 4.78 is 16.3. The SMILES string of the molecule is CN(C)p1oc2c(-c3cccc4ccccc34)cc3ccccc3c2c2c(o1)c(-c1cccc3ccccc13)cc1ccccc12. The van der Waals surface area contributed by atoms with E-state index in [2.05, 4.69) is 150 Å². The molecular weight excluding hydrogens is 581 g/mol. The minimum atomic E-state index is -1.51. The van der Waals surface area contributed by atoms with E-state index in [9.17, 15) is 0 Å². The standard InChI is InChI=1S/C42H30NO2P/c1-43(2)46-44-41-37(35-23-11-17-27-13-3-7-19-31(27)35)25-29-15-5-9-21-33(29)39(41)40-34-22-10-6-16-30(34)26-38(42(40)45-46)36-24-12-18-28-14-4-8-20-32(28)36/h3-26H,1-2H3. The number of benzene rings is 8. The molecule has 0 amide bonds. The van der Waals surface area contributed by atoms with Gasteiger partial charge in [-0.2, -0.15) is 0 Å². The minimum Gasteiger partial charge on any atom is -0.407 e. The van der Waals surface area contributed by atoms with Crippen molar-refractivity contribution < 1.29 is 8.39 Å². The molecule has 0 spiro atoms. The van der Waals surface area contributed by atoms with Gasteiger partial charge in [0.1, 0.15) is 0 Å². The normalized spacial score (nSPS) is 11.9. The Morgan fingerprint density at radius 3 is 1.20 bits per heavy atom. The zero-order valence-corrected chi connectivity index (χ0v) is 26.5. The van der Waals surface area contributed by atoms with Gasteiger partial charge in [0, 0.05) is 36.0 Å². The summed E-state index contributed by atoms with van der Waals surface area (Å²) in [6.45, 7) is 0. The van der Waals surface area contributed by atoms with Gasteiger partial charge in [-0.25, -0.2) is 4.67 Å². The summed E-state index contributed by atoms with van der Waals surface area (Å²) >= 11 is 0.